The van der Waals surface area contributed by atoms with Crippen LogP contribution in [0.25, 0.3) is 10.2 Å². The van der Waals surface area contributed by atoms with E-state index in [0.29, 0.717) is 16.5 Å². The molecule has 0 aliphatic heterocycles. The maximum atomic E-state index is 13.6. The SMILES string of the molecule is Cc1cc(C)c2nc(N(Cc3ccco3)C(=O)c3ccc(S(=O)(=O)N(C)C4CC4)cc3)sc2c1. The summed E-state index contributed by atoms with van der Waals surface area (Å²) in [4.78, 5) is 20.1. The van der Waals surface area contributed by atoms with Gasteiger partial charge in [0.25, 0.3) is 5.91 Å². The normalized spacial score (nSPS) is 14.1. The van der Waals surface area contributed by atoms with Crippen LogP contribution in [-0.4, -0.2) is 36.7 Å². The Labute approximate surface area is 202 Å². The Bertz CT molecular complexity index is 1450. The molecule has 9 heteroatoms. The van der Waals surface area contributed by atoms with E-state index in [1.165, 1.54) is 27.8 Å². The largest absolute Gasteiger partial charge is 0.467 e. The molecular weight excluding hydrogens is 470 g/mol. The zero-order valence-electron chi connectivity index (χ0n) is 19.2. The molecule has 0 atom stereocenters. The molecule has 176 valence electrons. The zero-order valence-corrected chi connectivity index (χ0v) is 20.8. The van der Waals surface area contributed by atoms with E-state index in [-0.39, 0.29) is 23.4 Å². The Balaban J connectivity index is 1.49. The molecule has 5 rings (SSSR count). The number of anilines is 1. The smallest absolute Gasteiger partial charge is 0.260 e. The lowest BCUT2D eigenvalue weighted by Crippen LogP contribution is -2.31. The van der Waals surface area contributed by atoms with Crippen LogP contribution in [0.1, 0.15) is 40.1 Å². The minimum absolute atomic E-state index is 0.0706. The van der Waals surface area contributed by atoms with Crippen LogP contribution in [0.2, 0.25) is 0 Å². The quantitative estimate of drug-likeness (QED) is 0.355. The van der Waals surface area contributed by atoms with Crippen LogP contribution in [-0.2, 0) is 16.6 Å². The molecule has 2 heterocycles. The summed E-state index contributed by atoms with van der Waals surface area (Å²) in [7, 11) is -1.97. The molecule has 1 aliphatic carbocycles. The maximum absolute atomic E-state index is 13.6. The summed E-state index contributed by atoms with van der Waals surface area (Å²) >= 11 is 1.45. The van der Waals surface area contributed by atoms with Crippen molar-refractivity contribution in [3.05, 3.63) is 77.2 Å². The number of aromatic nitrogens is 1. The van der Waals surface area contributed by atoms with Crippen LogP contribution in [0.3, 0.4) is 0 Å². The van der Waals surface area contributed by atoms with E-state index in [1.807, 2.05) is 19.9 Å². The zero-order chi connectivity index (χ0) is 24.0. The van der Waals surface area contributed by atoms with Crippen LogP contribution in [0, 0.1) is 13.8 Å². The van der Waals surface area contributed by atoms with E-state index in [2.05, 4.69) is 12.1 Å². The fraction of sp³-hybridized carbons (Fsp3) is 0.280. The van der Waals surface area contributed by atoms with Crippen molar-refractivity contribution in [2.45, 2.75) is 44.2 Å². The first-order chi connectivity index (χ1) is 16.2. The van der Waals surface area contributed by atoms with E-state index in [9.17, 15) is 13.2 Å². The molecule has 0 radical (unpaired) electrons. The van der Waals surface area contributed by atoms with Gasteiger partial charge in [-0.3, -0.25) is 9.69 Å². The number of amides is 1. The van der Waals surface area contributed by atoms with Gasteiger partial charge in [-0.25, -0.2) is 13.4 Å². The van der Waals surface area contributed by atoms with Crippen molar-refractivity contribution in [2.24, 2.45) is 0 Å². The number of benzene rings is 2. The van der Waals surface area contributed by atoms with E-state index in [0.717, 1.165) is 34.2 Å². The number of carbonyl (C=O) groups excluding carboxylic acids is 1. The molecule has 0 N–H and O–H groups in total. The first-order valence-electron chi connectivity index (χ1n) is 11.0. The summed E-state index contributed by atoms with van der Waals surface area (Å²) in [6, 6.07) is 13.9. The molecule has 1 saturated carbocycles. The van der Waals surface area contributed by atoms with Gasteiger partial charge in [-0.15, -0.1) is 0 Å². The first-order valence-corrected chi connectivity index (χ1v) is 13.3. The molecule has 2 aromatic carbocycles. The van der Waals surface area contributed by atoms with Gasteiger partial charge >= 0.3 is 0 Å². The van der Waals surface area contributed by atoms with Gasteiger partial charge in [0, 0.05) is 18.7 Å². The van der Waals surface area contributed by atoms with Crippen molar-refractivity contribution in [1.82, 2.24) is 9.29 Å². The average Bonchev–Trinajstić information content (AvgIpc) is 3.36. The lowest BCUT2D eigenvalue weighted by molar-refractivity contribution is 0.0983. The number of furan rings is 1. The van der Waals surface area contributed by atoms with Crippen molar-refractivity contribution in [3.8, 4) is 0 Å². The maximum Gasteiger partial charge on any atom is 0.260 e. The highest BCUT2D eigenvalue weighted by atomic mass is 32.2. The third-order valence-electron chi connectivity index (χ3n) is 6.03. The van der Waals surface area contributed by atoms with Gasteiger partial charge in [0.2, 0.25) is 10.0 Å². The third-order valence-corrected chi connectivity index (χ3v) is 8.98. The second-order valence-corrected chi connectivity index (χ2v) is 11.7. The van der Waals surface area contributed by atoms with Crippen molar-refractivity contribution < 1.29 is 17.6 Å². The highest BCUT2D eigenvalue weighted by Crippen LogP contribution is 2.34. The molecule has 1 amide bonds. The molecule has 1 aliphatic rings. The second kappa shape index (κ2) is 8.65. The van der Waals surface area contributed by atoms with E-state index in [1.54, 1.807) is 36.4 Å². The summed E-state index contributed by atoms with van der Waals surface area (Å²) in [5, 5.41) is 0.565. The molecule has 4 aromatic rings. The minimum atomic E-state index is -3.57. The Hall–Kier alpha value is -3.01. The number of sulfonamides is 1. The third kappa shape index (κ3) is 4.26. The van der Waals surface area contributed by atoms with Crippen LogP contribution in [0.5, 0.6) is 0 Å². The Morgan fingerprint density at radius 1 is 1.15 bits per heavy atom. The van der Waals surface area contributed by atoms with Gasteiger partial charge in [0.15, 0.2) is 5.13 Å². The predicted octanol–water partition coefficient (Wildman–Crippen LogP) is 5.14. The van der Waals surface area contributed by atoms with Crippen LogP contribution < -0.4 is 4.90 Å². The molecule has 0 spiro atoms. The molecule has 0 saturated heterocycles. The Morgan fingerprint density at radius 2 is 1.88 bits per heavy atom. The lowest BCUT2D eigenvalue weighted by Gasteiger charge is -2.19. The van der Waals surface area contributed by atoms with E-state index in [4.69, 9.17) is 9.40 Å². The molecule has 0 bridgehead atoms. The molecule has 7 nitrogen and oxygen atoms in total. The highest BCUT2D eigenvalue weighted by Gasteiger charge is 2.35. The standard InChI is InChI=1S/C25H25N3O4S2/c1-16-13-17(2)23-22(14-16)33-25(26-23)28(15-20-5-4-12-32-20)24(29)18-6-10-21(11-7-18)34(30,31)27(3)19-8-9-19/h4-7,10-14,19H,8-9,15H2,1-3H3. The highest BCUT2D eigenvalue weighted by molar-refractivity contribution is 7.89. The first kappa shape index (κ1) is 22.8. The van der Waals surface area contributed by atoms with Gasteiger partial charge in [-0.05, 0) is 80.3 Å². The Morgan fingerprint density at radius 3 is 2.53 bits per heavy atom. The van der Waals surface area contributed by atoms with Crippen molar-refractivity contribution in [2.75, 3.05) is 11.9 Å². The molecule has 0 unspecified atom stereocenters. The lowest BCUT2D eigenvalue weighted by atomic mass is 10.1. The second-order valence-electron chi connectivity index (χ2n) is 8.67. The molecular formula is C25H25N3O4S2. The van der Waals surface area contributed by atoms with Gasteiger partial charge in [-0.2, -0.15) is 4.31 Å². The van der Waals surface area contributed by atoms with Gasteiger partial charge in [0.05, 0.1) is 27.9 Å². The number of thiazole rings is 1. The number of aryl methyl sites for hydroxylation is 2. The summed E-state index contributed by atoms with van der Waals surface area (Å²) in [6.07, 6.45) is 3.34. The number of carbonyl (C=O) groups is 1. The number of rotatable bonds is 7. The van der Waals surface area contributed by atoms with Gasteiger partial charge in [0.1, 0.15) is 5.76 Å². The van der Waals surface area contributed by atoms with Crippen molar-refractivity contribution >= 4 is 42.6 Å². The van der Waals surface area contributed by atoms with Gasteiger partial charge in [-0.1, -0.05) is 17.4 Å². The Kier molecular flexibility index (Phi) is 5.79. The van der Waals surface area contributed by atoms with Crippen molar-refractivity contribution in [1.29, 1.82) is 0 Å². The topological polar surface area (TPSA) is 83.7 Å². The monoisotopic (exact) mass is 495 g/mol. The fourth-order valence-corrected chi connectivity index (χ4v) is 6.54. The summed E-state index contributed by atoms with van der Waals surface area (Å²) in [6.45, 7) is 4.26. The summed E-state index contributed by atoms with van der Waals surface area (Å²) in [5.41, 5.74) is 3.44. The minimum Gasteiger partial charge on any atom is -0.467 e. The number of nitrogens with zero attached hydrogens (tertiary/aromatic N) is 3. The van der Waals surface area contributed by atoms with Crippen LogP contribution in [0.4, 0.5) is 5.13 Å². The average molecular weight is 496 g/mol. The predicted molar refractivity (Wildman–Crippen MR) is 133 cm³/mol. The molecule has 1 fully saturated rings. The number of hydrogen-bond acceptors (Lipinski definition) is 6. The molecule has 2 aromatic heterocycles. The molecule has 34 heavy (non-hydrogen) atoms. The van der Waals surface area contributed by atoms with Crippen molar-refractivity contribution in [3.63, 3.8) is 0 Å². The van der Waals surface area contributed by atoms with Crippen LogP contribution >= 0.6 is 11.3 Å². The van der Waals surface area contributed by atoms with E-state index < -0.39 is 10.0 Å². The van der Waals surface area contributed by atoms with Crippen LogP contribution in [0.15, 0.2) is 64.1 Å². The summed E-state index contributed by atoms with van der Waals surface area (Å²) in [5.74, 6) is 0.357. The van der Waals surface area contributed by atoms with E-state index >= 15 is 0 Å². The number of fused-ring (bicyclic) bond motifs is 1. The number of hydrogen-bond donors (Lipinski definition) is 0. The summed E-state index contributed by atoms with van der Waals surface area (Å²) < 4.78 is 33.6. The fourth-order valence-electron chi connectivity index (χ4n) is 3.99. The van der Waals surface area contributed by atoms with Gasteiger partial charge < -0.3 is 4.42 Å².